The van der Waals surface area contributed by atoms with Crippen molar-refractivity contribution in [2.75, 3.05) is 20.2 Å². The summed E-state index contributed by atoms with van der Waals surface area (Å²) in [5, 5.41) is 16.0. The highest BCUT2D eigenvalue weighted by atomic mass is 79.9. The lowest BCUT2D eigenvalue weighted by atomic mass is 9.99. The predicted octanol–water partition coefficient (Wildman–Crippen LogP) is 5.28. The number of carbonyl (C=O) groups is 3. The zero-order valence-electron chi connectivity index (χ0n) is 23.8. The molecule has 0 saturated carbocycles. The van der Waals surface area contributed by atoms with Crippen molar-refractivity contribution in [3.8, 4) is 5.00 Å². The van der Waals surface area contributed by atoms with Crippen molar-refractivity contribution >= 4 is 62.4 Å². The van der Waals surface area contributed by atoms with Gasteiger partial charge in [0.25, 0.3) is 5.91 Å². The summed E-state index contributed by atoms with van der Waals surface area (Å²) in [4.78, 5) is 43.8. The van der Waals surface area contributed by atoms with E-state index in [2.05, 4.69) is 50.6 Å². The van der Waals surface area contributed by atoms with Gasteiger partial charge < -0.3 is 15.4 Å². The van der Waals surface area contributed by atoms with Gasteiger partial charge in [0.05, 0.1) is 24.8 Å². The number of nitrogens with one attached hydrogen (secondary N) is 2. The van der Waals surface area contributed by atoms with Crippen molar-refractivity contribution in [1.29, 1.82) is 0 Å². The first kappa shape index (κ1) is 30.6. The maximum atomic E-state index is 13.1. The van der Waals surface area contributed by atoms with Gasteiger partial charge in [-0.2, -0.15) is 0 Å². The molecule has 1 aliphatic heterocycles. The molecule has 0 unspecified atom stereocenters. The average molecular weight is 684 g/mol. The number of hydrogen-bond donors (Lipinski definition) is 2. The first-order valence-electron chi connectivity index (χ1n) is 13.4. The van der Waals surface area contributed by atoms with E-state index in [9.17, 15) is 14.4 Å². The molecule has 0 spiro atoms. The molecule has 0 radical (unpaired) electrons. The van der Waals surface area contributed by atoms with Crippen LogP contribution < -0.4 is 10.6 Å². The van der Waals surface area contributed by atoms with Crippen molar-refractivity contribution in [2.24, 2.45) is 4.99 Å². The smallest absolute Gasteiger partial charge is 0.339 e. The van der Waals surface area contributed by atoms with E-state index in [-0.39, 0.29) is 31.3 Å². The Morgan fingerprint density at radius 1 is 1.05 bits per heavy atom. The number of aromatic nitrogens is 3. The van der Waals surface area contributed by atoms with Crippen LogP contribution in [0.5, 0.6) is 0 Å². The average Bonchev–Trinajstić information content (AvgIpc) is 3.47. The fourth-order valence-electron chi connectivity index (χ4n) is 4.79. The van der Waals surface area contributed by atoms with E-state index >= 15 is 0 Å². The third-order valence-electron chi connectivity index (χ3n) is 7.11. The number of rotatable bonds is 8. The standard InChI is InChI=1S/C30H28BrClN6O4S/c1-15-16(2)43-29-25(15)26(18-5-8-20(32)9-6-18)35-23(27-37-36-17(3)38(27)29)14-24(39)33-11-12-34-28(40)19-7-10-21(22(31)13-19)30(41)42-4/h5-10,13,23H,11-12,14H2,1-4H3,(H,33,39)(H,34,40)/t23-/m0/s1. The lowest BCUT2D eigenvalue weighted by molar-refractivity contribution is -0.121. The number of fused-ring (bicyclic) bond motifs is 3. The molecule has 2 aromatic heterocycles. The van der Waals surface area contributed by atoms with Crippen LogP contribution in [-0.2, 0) is 9.53 Å². The minimum absolute atomic E-state index is 0.0398. The number of thiophene rings is 1. The highest BCUT2D eigenvalue weighted by Crippen LogP contribution is 2.39. The molecule has 1 atom stereocenters. The van der Waals surface area contributed by atoms with E-state index < -0.39 is 12.0 Å². The number of nitrogens with zero attached hydrogens (tertiary/aromatic N) is 4. The third kappa shape index (κ3) is 6.27. The van der Waals surface area contributed by atoms with Gasteiger partial charge in [-0.15, -0.1) is 21.5 Å². The molecule has 0 aliphatic carbocycles. The summed E-state index contributed by atoms with van der Waals surface area (Å²) in [6.07, 6.45) is 0.0398. The summed E-state index contributed by atoms with van der Waals surface area (Å²) in [5.74, 6) is 0.216. The van der Waals surface area contributed by atoms with Crippen LogP contribution in [0, 0.1) is 20.8 Å². The minimum atomic E-state index is -0.591. The number of benzene rings is 2. The van der Waals surface area contributed by atoms with E-state index in [0.717, 1.165) is 32.3 Å². The monoisotopic (exact) mass is 682 g/mol. The van der Waals surface area contributed by atoms with Gasteiger partial charge in [0, 0.05) is 44.2 Å². The molecule has 0 saturated heterocycles. The van der Waals surface area contributed by atoms with Crippen LogP contribution >= 0.6 is 38.9 Å². The van der Waals surface area contributed by atoms with E-state index in [4.69, 9.17) is 21.3 Å². The number of hydrogen-bond acceptors (Lipinski definition) is 8. The van der Waals surface area contributed by atoms with Gasteiger partial charge in [-0.25, -0.2) is 4.79 Å². The van der Waals surface area contributed by atoms with Gasteiger partial charge in [0.15, 0.2) is 5.82 Å². The summed E-state index contributed by atoms with van der Waals surface area (Å²) >= 11 is 11.1. The lowest BCUT2D eigenvalue weighted by Gasteiger charge is -2.13. The SMILES string of the molecule is COC(=O)c1ccc(C(=O)NCCNC(=O)C[C@@H]2N=C(c3ccc(Cl)cc3)c3c(sc(C)c3C)-n3c(C)nnc32)cc1Br. The number of esters is 1. The molecule has 13 heteroatoms. The molecule has 2 aromatic carbocycles. The largest absolute Gasteiger partial charge is 0.465 e. The number of aryl methyl sites for hydroxylation is 2. The molecule has 43 heavy (non-hydrogen) atoms. The molecule has 10 nitrogen and oxygen atoms in total. The molecule has 2 N–H and O–H groups in total. The highest BCUT2D eigenvalue weighted by Gasteiger charge is 2.32. The minimum Gasteiger partial charge on any atom is -0.465 e. The molecule has 3 heterocycles. The van der Waals surface area contributed by atoms with E-state index in [1.54, 1.807) is 17.4 Å². The third-order valence-corrected chi connectivity index (χ3v) is 9.21. The Balaban J connectivity index is 1.31. The zero-order chi connectivity index (χ0) is 30.8. The summed E-state index contributed by atoms with van der Waals surface area (Å²) in [7, 11) is 1.29. The fraction of sp³-hybridized carbons (Fsp3) is 0.267. The van der Waals surface area contributed by atoms with Crippen LogP contribution in [0.2, 0.25) is 5.02 Å². The Kier molecular flexibility index (Phi) is 9.09. The molecule has 4 aromatic rings. The Bertz CT molecular complexity index is 1760. The number of carbonyl (C=O) groups excluding carboxylic acids is 3. The first-order chi connectivity index (χ1) is 20.6. The molecule has 1 aliphatic rings. The van der Waals surface area contributed by atoms with Gasteiger partial charge in [-0.3, -0.25) is 19.1 Å². The van der Waals surface area contributed by atoms with Gasteiger partial charge in [-0.05, 0) is 72.6 Å². The maximum absolute atomic E-state index is 13.1. The second-order valence-electron chi connectivity index (χ2n) is 9.90. The number of halogens is 2. The van der Waals surface area contributed by atoms with Gasteiger partial charge in [0.1, 0.15) is 16.9 Å². The quantitative estimate of drug-likeness (QED) is 0.192. The summed E-state index contributed by atoms with van der Waals surface area (Å²) in [6, 6.07) is 11.5. The second-order valence-corrected chi connectivity index (χ2v) is 12.4. The van der Waals surface area contributed by atoms with Crippen molar-refractivity contribution < 1.29 is 19.1 Å². The molecule has 222 valence electrons. The van der Waals surface area contributed by atoms with Crippen LogP contribution in [0.4, 0.5) is 0 Å². The van der Waals surface area contributed by atoms with Crippen molar-refractivity contribution in [3.05, 3.63) is 96.3 Å². The van der Waals surface area contributed by atoms with E-state index in [0.29, 0.717) is 32.3 Å². The van der Waals surface area contributed by atoms with Crippen molar-refractivity contribution in [2.45, 2.75) is 33.2 Å². The molecule has 0 bridgehead atoms. The summed E-state index contributed by atoms with van der Waals surface area (Å²) in [5.41, 5.74) is 4.45. The van der Waals surface area contributed by atoms with Crippen molar-refractivity contribution in [3.63, 3.8) is 0 Å². The van der Waals surface area contributed by atoms with Crippen LogP contribution in [0.25, 0.3) is 5.00 Å². The maximum Gasteiger partial charge on any atom is 0.339 e. The number of aliphatic imine (C=N–C) groups is 1. The lowest BCUT2D eigenvalue weighted by Crippen LogP contribution is -2.35. The predicted molar refractivity (Wildman–Crippen MR) is 169 cm³/mol. The molecular weight excluding hydrogens is 656 g/mol. The van der Waals surface area contributed by atoms with Crippen molar-refractivity contribution in [1.82, 2.24) is 25.4 Å². The molecule has 2 amide bonds. The Morgan fingerprint density at radius 2 is 1.77 bits per heavy atom. The van der Waals surface area contributed by atoms with Gasteiger partial charge in [-0.1, -0.05) is 23.7 Å². The Labute approximate surface area is 265 Å². The fourth-order valence-corrected chi connectivity index (χ4v) is 6.67. The topological polar surface area (TPSA) is 128 Å². The van der Waals surface area contributed by atoms with Crippen LogP contribution in [0.1, 0.15) is 66.4 Å². The van der Waals surface area contributed by atoms with Crippen LogP contribution in [-0.4, -0.2) is 58.5 Å². The van der Waals surface area contributed by atoms with Gasteiger partial charge >= 0.3 is 5.97 Å². The number of ether oxygens (including phenoxy) is 1. The zero-order valence-corrected chi connectivity index (χ0v) is 27.0. The normalized spacial score (nSPS) is 13.8. The van der Waals surface area contributed by atoms with Crippen LogP contribution in [0.15, 0.2) is 51.9 Å². The van der Waals surface area contributed by atoms with E-state index in [1.807, 2.05) is 35.8 Å². The number of methoxy groups -OCH3 is 1. The van der Waals surface area contributed by atoms with E-state index in [1.165, 1.54) is 19.2 Å². The molecule has 5 rings (SSSR count). The molecular formula is C30H28BrClN6O4S. The summed E-state index contributed by atoms with van der Waals surface area (Å²) < 4.78 is 7.17. The molecule has 0 fully saturated rings. The summed E-state index contributed by atoms with van der Waals surface area (Å²) in [6.45, 7) is 6.45. The first-order valence-corrected chi connectivity index (χ1v) is 15.4. The van der Waals surface area contributed by atoms with Crippen LogP contribution in [0.3, 0.4) is 0 Å². The Morgan fingerprint density at radius 3 is 2.47 bits per heavy atom. The van der Waals surface area contributed by atoms with Gasteiger partial charge in [0.2, 0.25) is 5.91 Å². The second kappa shape index (κ2) is 12.8. The Hall–Kier alpha value is -3.87. The number of amides is 2. The highest BCUT2D eigenvalue weighted by molar-refractivity contribution is 9.10.